The lowest BCUT2D eigenvalue weighted by molar-refractivity contribution is 0.124. The molecule has 142 valence electrons. The van der Waals surface area contributed by atoms with Gasteiger partial charge in [-0.3, -0.25) is 0 Å². The molecule has 0 atom stereocenters. The van der Waals surface area contributed by atoms with Crippen molar-refractivity contribution < 1.29 is 32.7 Å². The van der Waals surface area contributed by atoms with Crippen molar-refractivity contribution in [3.8, 4) is 0 Å². The monoisotopic (exact) mass is 393 g/mol. The molecular formula is C15H25NO7P2. The highest BCUT2D eigenvalue weighted by atomic mass is 31.2. The summed E-state index contributed by atoms with van der Waals surface area (Å²) in [6.45, 7) is 0.309. The highest BCUT2D eigenvalue weighted by Gasteiger charge is 2.48. The Morgan fingerprint density at radius 3 is 2.04 bits per heavy atom. The molecule has 1 aromatic rings. The third-order valence-electron chi connectivity index (χ3n) is 3.19. The first-order valence-electron chi connectivity index (χ1n) is 7.45. The van der Waals surface area contributed by atoms with E-state index < -0.39 is 27.9 Å². The van der Waals surface area contributed by atoms with Crippen molar-refractivity contribution in [2.24, 2.45) is 0 Å². The van der Waals surface area contributed by atoms with Crippen molar-refractivity contribution in [2.75, 3.05) is 35.0 Å². The number of carbonyl (C=O) groups excluding carboxylic acids is 1. The van der Waals surface area contributed by atoms with Gasteiger partial charge in [0, 0.05) is 41.4 Å². The van der Waals surface area contributed by atoms with E-state index in [0.717, 1.165) is 5.56 Å². The second kappa shape index (κ2) is 11.7. The first-order chi connectivity index (χ1) is 12.0. The second-order valence-electron chi connectivity index (χ2n) is 4.76. The molecule has 25 heavy (non-hydrogen) atoms. The van der Waals surface area contributed by atoms with Crippen molar-refractivity contribution in [1.29, 1.82) is 0 Å². The zero-order valence-electron chi connectivity index (χ0n) is 14.8. The molecule has 0 spiro atoms. The van der Waals surface area contributed by atoms with Crippen molar-refractivity contribution in [3.05, 3.63) is 35.9 Å². The summed E-state index contributed by atoms with van der Waals surface area (Å²) >= 11 is 0. The SMILES string of the molecule is COP(OC)C(O)(CCNC(=O)OCc1ccccc1)P(OC)OC. The Bertz CT molecular complexity index is 486. The Hall–Kier alpha value is -0.850. The van der Waals surface area contributed by atoms with Gasteiger partial charge in [-0.05, 0) is 5.56 Å². The standard InChI is InChI=1S/C15H25NO7P2/c1-19-24(20-2)15(18,25(21-3)22-4)10-11-16-14(17)23-12-13-8-6-5-7-9-13/h5-9,18H,10-12H2,1-4H3,(H,16,17). The van der Waals surface area contributed by atoms with Gasteiger partial charge in [-0.15, -0.1) is 0 Å². The first-order valence-corrected chi connectivity index (χ1v) is 9.81. The van der Waals surface area contributed by atoms with Crippen LogP contribution in [0.3, 0.4) is 0 Å². The third kappa shape index (κ3) is 6.76. The highest BCUT2D eigenvalue weighted by molar-refractivity contribution is 7.67. The second-order valence-corrected chi connectivity index (χ2v) is 9.08. The van der Waals surface area contributed by atoms with Gasteiger partial charge in [-0.25, -0.2) is 4.79 Å². The molecule has 8 nitrogen and oxygen atoms in total. The molecule has 0 aliphatic heterocycles. The molecule has 1 amide bonds. The molecule has 2 N–H and O–H groups in total. The Morgan fingerprint density at radius 2 is 1.56 bits per heavy atom. The molecule has 1 aromatic carbocycles. The van der Waals surface area contributed by atoms with Gasteiger partial charge in [0.25, 0.3) is 0 Å². The zero-order valence-corrected chi connectivity index (χ0v) is 16.6. The summed E-state index contributed by atoms with van der Waals surface area (Å²) in [6.07, 6.45) is -0.460. The molecule has 1 rings (SSSR count). The summed E-state index contributed by atoms with van der Waals surface area (Å²) in [5.41, 5.74) is 0.888. The van der Waals surface area contributed by atoms with Gasteiger partial charge in [0.2, 0.25) is 21.8 Å². The molecule has 0 saturated carbocycles. The Morgan fingerprint density at radius 1 is 1.04 bits per heavy atom. The van der Waals surface area contributed by atoms with Crippen molar-refractivity contribution in [2.45, 2.75) is 18.1 Å². The van der Waals surface area contributed by atoms with Crippen LogP contribution in [0.1, 0.15) is 12.0 Å². The minimum Gasteiger partial charge on any atom is -0.445 e. The number of carbonyl (C=O) groups is 1. The van der Waals surface area contributed by atoms with E-state index in [1.807, 2.05) is 30.3 Å². The molecule has 0 unspecified atom stereocenters. The smallest absolute Gasteiger partial charge is 0.407 e. The summed E-state index contributed by atoms with van der Waals surface area (Å²) < 4.78 is 26.0. The fraction of sp³-hybridized carbons (Fsp3) is 0.533. The van der Waals surface area contributed by atoms with Gasteiger partial charge in [0.1, 0.15) is 6.61 Å². The molecule has 0 heterocycles. The Kier molecular flexibility index (Phi) is 10.4. The topological polar surface area (TPSA) is 95.5 Å². The molecule has 0 fully saturated rings. The van der Waals surface area contributed by atoms with E-state index in [1.54, 1.807) is 0 Å². The summed E-state index contributed by atoms with van der Waals surface area (Å²) in [6, 6.07) is 9.35. The van der Waals surface area contributed by atoms with E-state index in [1.165, 1.54) is 28.4 Å². The molecule has 10 heteroatoms. The maximum Gasteiger partial charge on any atom is 0.407 e. The lowest BCUT2D eigenvalue weighted by atomic mass is 10.2. The van der Waals surface area contributed by atoms with Gasteiger partial charge in [0.15, 0.2) is 0 Å². The molecule has 0 aromatic heterocycles. The van der Waals surface area contributed by atoms with Crippen LogP contribution >= 0.6 is 16.8 Å². The number of aliphatic hydroxyl groups is 1. The van der Waals surface area contributed by atoms with Crippen LogP contribution in [0, 0.1) is 0 Å². The van der Waals surface area contributed by atoms with Gasteiger partial charge in [-0.1, -0.05) is 30.3 Å². The van der Waals surface area contributed by atoms with Crippen molar-refractivity contribution in [3.63, 3.8) is 0 Å². The molecule has 0 bridgehead atoms. The third-order valence-corrected chi connectivity index (χ3v) is 7.11. The van der Waals surface area contributed by atoms with Crippen LogP contribution in [0.15, 0.2) is 30.3 Å². The average Bonchev–Trinajstić information content (AvgIpc) is 2.63. The number of alkyl carbamates (subject to hydrolysis) is 1. The van der Waals surface area contributed by atoms with Crippen LogP contribution in [0.5, 0.6) is 0 Å². The fourth-order valence-electron chi connectivity index (χ4n) is 2.09. The van der Waals surface area contributed by atoms with E-state index >= 15 is 0 Å². The molecule has 0 aliphatic carbocycles. The van der Waals surface area contributed by atoms with Crippen molar-refractivity contribution in [1.82, 2.24) is 5.32 Å². The van der Waals surface area contributed by atoms with Crippen LogP contribution in [0.25, 0.3) is 0 Å². The van der Waals surface area contributed by atoms with Crippen LogP contribution < -0.4 is 5.32 Å². The van der Waals surface area contributed by atoms with Gasteiger partial charge >= 0.3 is 6.09 Å². The van der Waals surface area contributed by atoms with Crippen LogP contribution in [-0.2, 0) is 29.4 Å². The first kappa shape index (κ1) is 22.2. The lowest BCUT2D eigenvalue weighted by Gasteiger charge is -2.36. The van der Waals surface area contributed by atoms with E-state index in [2.05, 4.69) is 5.32 Å². The number of rotatable bonds is 11. The number of ether oxygens (including phenoxy) is 1. The van der Waals surface area contributed by atoms with E-state index in [-0.39, 0.29) is 19.6 Å². The number of amides is 1. The average molecular weight is 393 g/mol. The van der Waals surface area contributed by atoms with E-state index in [9.17, 15) is 9.90 Å². The summed E-state index contributed by atoms with van der Waals surface area (Å²) in [7, 11) is 2.35. The van der Waals surface area contributed by atoms with Crippen LogP contribution in [0.2, 0.25) is 0 Å². The maximum atomic E-state index is 11.8. The number of nitrogens with one attached hydrogen (secondary N) is 1. The zero-order chi connectivity index (χ0) is 18.7. The van der Waals surface area contributed by atoms with Gasteiger partial charge < -0.3 is 33.3 Å². The summed E-state index contributed by atoms with van der Waals surface area (Å²) in [5, 5.41) is 12.0. The molecular weight excluding hydrogens is 368 g/mol. The van der Waals surface area contributed by atoms with E-state index in [0.29, 0.717) is 0 Å². The molecule has 0 radical (unpaired) electrons. The fourth-order valence-corrected chi connectivity index (χ4v) is 5.66. The minimum atomic E-state index is -1.69. The van der Waals surface area contributed by atoms with E-state index in [4.69, 9.17) is 22.8 Å². The van der Waals surface area contributed by atoms with Crippen molar-refractivity contribution >= 4 is 22.8 Å². The minimum absolute atomic E-state index is 0.119. The Balaban J connectivity index is 2.54. The normalized spacial score (nSPS) is 11.8. The van der Waals surface area contributed by atoms with Crippen LogP contribution in [0.4, 0.5) is 4.79 Å². The maximum absolute atomic E-state index is 11.8. The molecule has 0 aliphatic rings. The lowest BCUT2D eigenvalue weighted by Crippen LogP contribution is -2.34. The van der Waals surface area contributed by atoms with Gasteiger partial charge in [-0.2, -0.15) is 0 Å². The largest absolute Gasteiger partial charge is 0.445 e. The number of hydrogen-bond donors (Lipinski definition) is 2. The summed E-state index contributed by atoms with van der Waals surface area (Å²) in [4.78, 5) is 11.8. The highest BCUT2D eigenvalue weighted by Crippen LogP contribution is 2.67. The number of benzene rings is 1. The molecule has 0 saturated heterocycles. The van der Waals surface area contributed by atoms with Gasteiger partial charge in [0.05, 0.1) is 0 Å². The summed E-state index contributed by atoms with van der Waals surface area (Å²) in [5.74, 6) is 0. The predicted molar refractivity (Wildman–Crippen MR) is 96.1 cm³/mol. The number of hydrogen-bond acceptors (Lipinski definition) is 7. The predicted octanol–water partition coefficient (Wildman–Crippen LogP) is 3.16. The quantitative estimate of drug-likeness (QED) is 0.558. The Labute approximate surface area is 150 Å². The van der Waals surface area contributed by atoms with Crippen LogP contribution in [-0.4, -0.2) is 51.3 Å².